The molecule has 0 saturated heterocycles. The summed E-state index contributed by atoms with van der Waals surface area (Å²) in [7, 11) is 1.69. The number of likely N-dealkylation sites (N-methyl/N-ethyl adjacent to an activating group) is 1. The largest absolute Gasteiger partial charge is 0.393 e. The third kappa shape index (κ3) is 6.12. The van der Waals surface area contributed by atoms with Gasteiger partial charge in [0.2, 0.25) is 0 Å². The molecule has 0 bridgehead atoms. The summed E-state index contributed by atoms with van der Waals surface area (Å²) in [5.41, 5.74) is 0.818. The van der Waals surface area contributed by atoms with Gasteiger partial charge in [0.15, 0.2) is 5.60 Å². The predicted molar refractivity (Wildman–Crippen MR) is 125 cm³/mol. The highest BCUT2D eigenvalue weighted by atomic mass is 19.4. The van der Waals surface area contributed by atoms with Crippen LogP contribution in [0.25, 0.3) is 11.1 Å². The van der Waals surface area contributed by atoms with E-state index in [1.165, 1.54) is 6.92 Å². The third-order valence-electron chi connectivity index (χ3n) is 6.43. The van der Waals surface area contributed by atoms with Crippen LogP contribution in [0, 0.1) is 34.5 Å². The Labute approximate surface area is 202 Å². The van der Waals surface area contributed by atoms with E-state index in [2.05, 4.69) is 11.4 Å². The number of hydrogen-bond acceptors (Lipinski definition) is 5. The molecule has 6 nitrogen and oxygen atoms in total. The minimum Gasteiger partial charge on any atom is -0.378 e. The van der Waals surface area contributed by atoms with Crippen LogP contribution in [0.1, 0.15) is 31.7 Å². The molecule has 0 aromatic heterocycles. The molecule has 2 N–H and O–H groups in total. The highest BCUT2D eigenvalue weighted by Crippen LogP contribution is 2.41. The second-order valence-electron chi connectivity index (χ2n) is 9.21. The molecule has 0 heterocycles. The van der Waals surface area contributed by atoms with Crippen molar-refractivity contribution in [2.24, 2.45) is 11.8 Å². The van der Waals surface area contributed by atoms with Crippen LogP contribution in [-0.4, -0.2) is 42.4 Å². The maximum atomic E-state index is 13.4. The zero-order valence-electron chi connectivity index (χ0n) is 19.5. The maximum Gasteiger partial charge on any atom is 0.393 e. The average Bonchev–Trinajstić information content (AvgIpc) is 2.83. The Morgan fingerprint density at radius 3 is 2.46 bits per heavy atom. The molecule has 1 aliphatic rings. The van der Waals surface area contributed by atoms with Crippen LogP contribution in [0.5, 0.6) is 0 Å². The number of amides is 1. The molecule has 3 rings (SSSR count). The molecule has 3 unspecified atom stereocenters. The highest BCUT2D eigenvalue weighted by Gasteiger charge is 2.48. The van der Waals surface area contributed by atoms with Crippen LogP contribution < -0.4 is 10.2 Å². The van der Waals surface area contributed by atoms with Crippen molar-refractivity contribution in [2.45, 2.75) is 44.0 Å². The van der Waals surface area contributed by atoms with Crippen molar-refractivity contribution >= 4 is 11.6 Å². The maximum absolute atomic E-state index is 13.4. The molecule has 0 aliphatic heterocycles. The molecule has 4 atom stereocenters. The minimum atomic E-state index is -4.53. The van der Waals surface area contributed by atoms with Crippen molar-refractivity contribution in [2.75, 3.05) is 18.5 Å². The molecule has 1 amide bonds. The minimum absolute atomic E-state index is 0.0271. The number of carbonyl (C=O) groups is 1. The van der Waals surface area contributed by atoms with Crippen molar-refractivity contribution in [1.29, 1.82) is 10.5 Å². The molecule has 1 saturated carbocycles. The van der Waals surface area contributed by atoms with Crippen molar-refractivity contribution in [3.8, 4) is 23.3 Å². The first-order valence-corrected chi connectivity index (χ1v) is 11.3. The van der Waals surface area contributed by atoms with Gasteiger partial charge in [-0.1, -0.05) is 30.3 Å². The fourth-order valence-electron chi connectivity index (χ4n) is 4.56. The van der Waals surface area contributed by atoms with Gasteiger partial charge in [-0.2, -0.15) is 23.7 Å². The lowest BCUT2D eigenvalue weighted by Gasteiger charge is -2.36. The summed E-state index contributed by atoms with van der Waals surface area (Å²) in [6.07, 6.45) is -4.67. The SMILES string of the molecule is CN(C[C@](C)(O)C(=O)NC1CCC(C#N)C(C(F)(F)F)C1)c1ccc(C#N)cc1-c1ccccc1. The Kier molecular flexibility index (Phi) is 7.72. The third-order valence-corrected chi connectivity index (χ3v) is 6.43. The van der Waals surface area contributed by atoms with Gasteiger partial charge < -0.3 is 15.3 Å². The number of rotatable bonds is 6. The zero-order valence-corrected chi connectivity index (χ0v) is 19.5. The number of benzene rings is 2. The summed E-state index contributed by atoms with van der Waals surface area (Å²) in [6.45, 7) is 1.17. The average molecular weight is 485 g/mol. The van der Waals surface area contributed by atoms with Gasteiger partial charge in [0.05, 0.1) is 36.1 Å². The first kappa shape index (κ1) is 26.1. The van der Waals surface area contributed by atoms with Crippen molar-refractivity contribution in [3.63, 3.8) is 0 Å². The van der Waals surface area contributed by atoms with E-state index in [-0.39, 0.29) is 19.4 Å². The monoisotopic (exact) mass is 484 g/mol. The number of nitrogens with one attached hydrogen (secondary N) is 1. The molecule has 0 spiro atoms. The number of alkyl halides is 3. The lowest BCUT2D eigenvalue weighted by atomic mass is 9.77. The van der Waals surface area contributed by atoms with Crippen molar-refractivity contribution in [1.82, 2.24) is 5.32 Å². The number of halogens is 3. The summed E-state index contributed by atoms with van der Waals surface area (Å²) >= 11 is 0. The number of aliphatic hydroxyl groups is 1. The van der Waals surface area contributed by atoms with Crippen LogP contribution in [0.2, 0.25) is 0 Å². The van der Waals surface area contributed by atoms with Crippen LogP contribution >= 0.6 is 0 Å². The van der Waals surface area contributed by atoms with Crippen LogP contribution in [0.3, 0.4) is 0 Å². The normalized spacial score (nSPS) is 21.8. The number of nitriles is 2. The number of hydrogen-bond donors (Lipinski definition) is 2. The standard InChI is InChI=1S/C26H27F3N4O2/c1-25(35,24(34)32-20-10-9-19(15-31)22(13-20)26(27,28)29)16-33(2)23-11-8-17(14-30)12-21(23)18-6-4-3-5-7-18/h3-8,11-12,19-20,22,35H,9-10,13,16H2,1-2H3,(H,32,34)/t19?,20?,22?,25-/m0/s1. The molecular formula is C26H27F3N4O2. The molecule has 0 radical (unpaired) electrons. The second-order valence-corrected chi connectivity index (χ2v) is 9.21. The Morgan fingerprint density at radius 2 is 1.86 bits per heavy atom. The van der Waals surface area contributed by atoms with Crippen LogP contribution in [0.15, 0.2) is 48.5 Å². The van der Waals surface area contributed by atoms with E-state index in [1.54, 1.807) is 36.2 Å². The highest BCUT2D eigenvalue weighted by molar-refractivity contribution is 5.86. The smallest absolute Gasteiger partial charge is 0.378 e. The summed E-state index contributed by atoms with van der Waals surface area (Å²) in [6, 6.07) is 17.5. The van der Waals surface area contributed by atoms with Gasteiger partial charge in [-0.05, 0) is 49.9 Å². The molecule has 2 aromatic rings. The van der Waals surface area contributed by atoms with E-state index in [9.17, 15) is 28.3 Å². The Balaban J connectivity index is 1.75. The zero-order chi connectivity index (χ0) is 25.8. The quantitative estimate of drug-likeness (QED) is 0.633. The fraction of sp³-hybridized carbons (Fsp3) is 0.423. The lowest BCUT2D eigenvalue weighted by molar-refractivity contribution is -0.193. The molecule has 2 aromatic carbocycles. The number of carbonyl (C=O) groups excluding carboxylic acids is 1. The predicted octanol–water partition coefficient (Wildman–Crippen LogP) is 4.40. The van der Waals surface area contributed by atoms with Gasteiger partial charge in [0.25, 0.3) is 5.91 Å². The van der Waals surface area contributed by atoms with Gasteiger partial charge in [-0.3, -0.25) is 4.79 Å². The summed E-state index contributed by atoms with van der Waals surface area (Å²) in [4.78, 5) is 14.6. The molecule has 184 valence electrons. The van der Waals surface area contributed by atoms with Crippen LogP contribution in [0.4, 0.5) is 18.9 Å². The van der Waals surface area contributed by atoms with Crippen LogP contribution in [-0.2, 0) is 4.79 Å². The van der Waals surface area contributed by atoms with Crippen molar-refractivity contribution in [3.05, 3.63) is 54.1 Å². The number of nitrogens with zero attached hydrogens (tertiary/aromatic N) is 3. The van der Waals surface area contributed by atoms with E-state index < -0.39 is 42.0 Å². The Bertz CT molecular complexity index is 1140. The van der Waals surface area contributed by atoms with Crippen molar-refractivity contribution < 1.29 is 23.1 Å². The van der Waals surface area contributed by atoms with Gasteiger partial charge in [0, 0.05) is 24.3 Å². The summed E-state index contributed by atoms with van der Waals surface area (Å²) in [5, 5.41) is 31.9. The van der Waals surface area contributed by atoms with Gasteiger partial charge in [-0.25, -0.2) is 0 Å². The molecular weight excluding hydrogens is 457 g/mol. The van der Waals surface area contributed by atoms with Gasteiger partial charge >= 0.3 is 6.18 Å². The second kappa shape index (κ2) is 10.4. The van der Waals surface area contributed by atoms with E-state index in [0.717, 1.165) is 11.1 Å². The van der Waals surface area contributed by atoms with Gasteiger partial charge in [-0.15, -0.1) is 0 Å². The summed E-state index contributed by atoms with van der Waals surface area (Å²) < 4.78 is 40.1. The first-order chi connectivity index (χ1) is 16.5. The fourth-order valence-corrected chi connectivity index (χ4v) is 4.56. The first-order valence-electron chi connectivity index (χ1n) is 11.3. The van der Waals surface area contributed by atoms with E-state index in [4.69, 9.17) is 5.26 Å². The Hall–Kier alpha value is -3.56. The van der Waals surface area contributed by atoms with Gasteiger partial charge in [0.1, 0.15) is 0 Å². The van der Waals surface area contributed by atoms with E-state index in [1.807, 2.05) is 30.3 Å². The molecule has 35 heavy (non-hydrogen) atoms. The molecule has 1 fully saturated rings. The Morgan fingerprint density at radius 1 is 1.17 bits per heavy atom. The summed E-state index contributed by atoms with van der Waals surface area (Å²) in [5.74, 6) is -3.73. The molecule has 9 heteroatoms. The topological polar surface area (TPSA) is 100 Å². The van der Waals surface area contributed by atoms with E-state index in [0.29, 0.717) is 11.3 Å². The number of anilines is 1. The molecule has 1 aliphatic carbocycles. The lowest BCUT2D eigenvalue weighted by Crippen LogP contribution is -2.55. The van der Waals surface area contributed by atoms with E-state index >= 15 is 0 Å².